The first kappa shape index (κ1) is 15.3. The molecule has 3 atom stereocenters. The number of rotatable bonds is 4. The smallest absolute Gasteiger partial charge is 0.337 e. The molecule has 0 spiro atoms. The van der Waals surface area contributed by atoms with Crippen molar-refractivity contribution in [2.45, 2.75) is 39.2 Å². The van der Waals surface area contributed by atoms with Gasteiger partial charge in [0, 0.05) is 18.2 Å². The van der Waals surface area contributed by atoms with Crippen LogP contribution in [0, 0.1) is 22.0 Å². The topological polar surface area (TPSA) is 92.5 Å². The molecule has 1 aliphatic rings. The maximum Gasteiger partial charge on any atom is 0.337 e. The van der Waals surface area contributed by atoms with E-state index in [4.69, 9.17) is 0 Å². The second kappa shape index (κ2) is 6.11. The summed E-state index contributed by atoms with van der Waals surface area (Å²) >= 11 is 0. The van der Waals surface area contributed by atoms with E-state index in [0.29, 0.717) is 17.5 Å². The van der Waals surface area contributed by atoms with Crippen molar-refractivity contribution in [3.8, 4) is 0 Å². The van der Waals surface area contributed by atoms with Crippen LogP contribution in [0.4, 0.5) is 11.4 Å². The van der Waals surface area contributed by atoms with Crippen LogP contribution in [0.15, 0.2) is 18.2 Å². The summed E-state index contributed by atoms with van der Waals surface area (Å²) in [4.78, 5) is 21.6. The Morgan fingerprint density at radius 3 is 2.62 bits per heavy atom. The van der Waals surface area contributed by atoms with E-state index in [1.165, 1.54) is 18.2 Å². The molecule has 21 heavy (non-hydrogen) atoms. The second-order valence-corrected chi connectivity index (χ2v) is 5.90. The Morgan fingerprint density at radius 2 is 2.05 bits per heavy atom. The molecule has 6 nitrogen and oxygen atoms in total. The van der Waals surface area contributed by atoms with Gasteiger partial charge < -0.3 is 10.4 Å². The van der Waals surface area contributed by atoms with E-state index in [1.807, 2.05) is 0 Å². The number of nitrogens with zero attached hydrogens (tertiary/aromatic N) is 1. The zero-order chi connectivity index (χ0) is 15.6. The number of nitro benzene ring substituents is 1. The van der Waals surface area contributed by atoms with E-state index < -0.39 is 10.9 Å². The first-order valence-electron chi connectivity index (χ1n) is 7.16. The van der Waals surface area contributed by atoms with Gasteiger partial charge in [0.25, 0.3) is 5.69 Å². The predicted octanol–water partition coefficient (Wildman–Crippen LogP) is 3.53. The lowest BCUT2D eigenvalue weighted by atomic mass is 9.79. The molecule has 1 aromatic rings. The van der Waals surface area contributed by atoms with E-state index in [0.717, 1.165) is 19.3 Å². The van der Waals surface area contributed by atoms with Gasteiger partial charge in [-0.05, 0) is 37.2 Å². The van der Waals surface area contributed by atoms with Gasteiger partial charge in [-0.2, -0.15) is 0 Å². The van der Waals surface area contributed by atoms with Crippen LogP contribution in [-0.2, 0) is 0 Å². The Kier molecular flexibility index (Phi) is 4.45. The molecule has 1 fully saturated rings. The second-order valence-electron chi connectivity index (χ2n) is 5.90. The van der Waals surface area contributed by atoms with Crippen LogP contribution in [0.25, 0.3) is 0 Å². The highest BCUT2D eigenvalue weighted by Crippen LogP contribution is 2.32. The minimum Gasteiger partial charge on any atom is -0.478 e. The summed E-state index contributed by atoms with van der Waals surface area (Å²) in [7, 11) is 0. The molecular weight excluding hydrogens is 272 g/mol. The van der Waals surface area contributed by atoms with Crippen LogP contribution in [0.1, 0.15) is 43.5 Å². The van der Waals surface area contributed by atoms with Crippen LogP contribution in [0.3, 0.4) is 0 Å². The summed E-state index contributed by atoms with van der Waals surface area (Å²) in [6, 6.07) is 3.99. The highest BCUT2D eigenvalue weighted by Gasteiger charge is 2.26. The molecule has 0 saturated heterocycles. The van der Waals surface area contributed by atoms with Gasteiger partial charge in [-0.15, -0.1) is 0 Å². The van der Waals surface area contributed by atoms with E-state index in [9.17, 15) is 20.0 Å². The number of hydrogen-bond donors (Lipinski definition) is 2. The normalized spacial score (nSPS) is 25.3. The molecule has 1 aliphatic carbocycles. The zero-order valence-corrected chi connectivity index (χ0v) is 12.2. The number of benzene rings is 1. The predicted molar refractivity (Wildman–Crippen MR) is 79.6 cm³/mol. The Hall–Kier alpha value is -2.11. The maximum atomic E-state index is 11.3. The molecule has 1 saturated carbocycles. The SMILES string of the molecule is CC1CCC(Nc2cc([N+](=O)[O-])ccc2C(=O)O)CC1C. The number of carboxylic acids is 1. The van der Waals surface area contributed by atoms with Gasteiger partial charge in [0.2, 0.25) is 0 Å². The lowest BCUT2D eigenvalue weighted by Gasteiger charge is -2.33. The maximum absolute atomic E-state index is 11.3. The van der Waals surface area contributed by atoms with E-state index in [-0.39, 0.29) is 17.3 Å². The largest absolute Gasteiger partial charge is 0.478 e. The molecule has 6 heteroatoms. The third-order valence-electron chi connectivity index (χ3n) is 4.40. The summed E-state index contributed by atoms with van der Waals surface area (Å²) < 4.78 is 0. The number of anilines is 1. The van der Waals surface area contributed by atoms with Gasteiger partial charge in [0.1, 0.15) is 0 Å². The fourth-order valence-corrected chi connectivity index (χ4v) is 2.85. The number of carbonyl (C=O) groups is 1. The average molecular weight is 292 g/mol. The highest BCUT2D eigenvalue weighted by molar-refractivity contribution is 5.94. The van der Waals surface area contributed by atoms with E-state index in [1.54, 1.807) is 0 Å². The van der Waals surface area contributed by atoms with Crippen molar-refractivity contribution in [2.75, 3.05) is 5.32 Å². The van der Waals surface area contributed by atoms with Crippen molar-refractivity contribution < 1.29 is 14.8 Å². The van der Waals surface area contributed by atoms with Gasteiger partial charge in [-0.25, -0.2) is 4.79 Å². The molecule has 2 N–H and O–H groups in total. The Bertz CT molecular complexity index is 559. The Balaban J connectivity index is 2.23. The summed E-state index contributed by atoms with van der Waals surface area (Å²) in [5.41, 5.74) is 0.315. The van der Waals surface area contributed by atoms with Crippen LogP contribution in [0.2, 0.25) is 0 Å². The van der Waals surface area contributed by atoms with Crippen LogP contribution in [-0.4, -0.2) is 22.0 Å². The molecule has 0 heterocycles. The third-order valence-corrected chi connectivity index (χ3v) is 4.40. The van der Waals surface area contributed by atoms with Gasteiger partial charge in [-0.3, -0.25) is 10.1 Å². The van der Waals surface area contributed by atoms with Crippen molar-refractivity contribution in [2.24, 2.45) is 11.8 Å². The number of hydrogen-bond acceptors (Lipinski definition) is 4. The molecule has 0 radical (unpaired) electrons. The van der Waals surface area contributed by atoms with Crippen LogP contribution >= 0.6 is 0 Å². The summed E-state index contributed by atoms with van der Waals surface area (Å²) in [6.07, 6.45) is 2.98. The first-order valence-corrected chi connectivity index (χ1v) is 7.16. The number of non-ortho nitro benzene ring substituents is 1. The van der Waals surface area contributed by atoms with Crippen molar-refractivity contribution in [3.05, 3.63) is 33.9 Å². The van der Waals surface area contributed by atoms with Crippen molar-refractivity contribution in [1.29, 1.82) is 0 Å². The lowest BCUT2D eigenvalue weighted by molar-refractivity contribution is -0.384. The fraction of sp³-hybridized carbons (Fsp3) is 0.533. The average Bonchev–Trinajstić information content (AvgIpc) is 2.42. The summed E-state index contributed by atoms with van der Waals surface area (Å²) in [6.45, 7) is 4.40. The summed E-state index contributed by atoms with van der Waals surface area (Å²) in [5.74, 6) is 0.139. The first-order chi connectivity index (χ1) is 9.88. The molecule has 3 unspecified atom stereocenters. The molecule has 0 aliphatic heterocycles. The van der Waals surface area contributed by atoms with Gasteiger partial charge in [0.05, 0.1) is 16.2 Å². The summed E-state index contributed by atoms with van der Waals surface area (Å²) in [5, 5.41) is 23.3. The Labute approximate surface area is 123 Å². The molecule has 2 rings (SSSR count). The Morgan fingerprint density at radius 1 is 1.33 bits per heavy atom. The lowest BCUT2D eigenvalue weighted by Crippen LogP contribution is -2.30. The zero-order valence-electron chi connectivity index (χ0n) is 12.2. The van der Waals surface area contributed by atoms with Crippen molar-refractivity contribution >= 4 is 17.3 Å². The van der Waals surface area contributed by atoms with Crippen LogP contribution < -0.4 is 5.32 Å². The number of carboxylic acid groups (broad SMARTS) is 1. The molecule has 114 valence electrons. The van der Waals surface area contributed by atoms with E-state index >= 15 is 0 Å². The number of aromatic carboxylic acids is 1. The molecule has 0 aromatic heterocycles. The van der Waals surface area contributed by atoms with Gasteiger partial charge in [-0.1, -0.05) is 13.8 Å². The standard InChI is InChI=1S/C15H20N2O4/c1-9-3-4-11(7-10(9)2)16-14-8-12(17(20)21)5-6-13(14)15(18)19/h5-6,8-11,16H,3-4,7H2,1-2H3,(H,18,19). The van der Waals surface area contributed by atoms with Gasteiger partial charge in [0.15, 0.2) is 0 Å². The number of nitrogens with one attached hydrogen (secondary N) is 1. The third kappa shape index (κ3) is 3.51. The van der Waals surface area contributed by atoms with Gasteiger partial charge >= 0.3 is 5.97 Å². The highest BCUT2D eigenvalue weighted by atomic mass is 16.6. The van der Waals surface area contributed by atoms with Crippen LogP contribution in [0.5, 0.6) is 0 Å². The minimum absolute atomic E-state index is 0.0758. The van der Waals surface area contributed by atoms with Crippen molar-refractivity contribution in [3.63, 3.8) is 0 Å². The minimum atomic E-state index is -1.08. The molecule has 0 amide bonds. The van der Waals surface area contributed by atoms with Crippen molar-refractivity contribution in [1.82, 2.24) is 0 Å². The molecule has 0 bridgehead atoms. The fourth-order valence-electron chi connectivity index (χ4n) is 2.85. The quantitative estimate of drug-likeness (QED) is 0.654. The van der Waals surface area contributed by atoms with E-state index in [2.05, 4.69) is 19.2 Å². The number of nitro groups is 1. The molecular formula is C15H20N2O4. The molecule has 1 aromatic carbocycles. The monoisotopic (exact) mass is 292 g/mol.